The molecule has 7 nitrogen and oxygen atoms in total. The first-order valence-corrected chi connectivity index (χ1v) is 8.46. The van der Waals surface area contributed by atoms with E-state index in [4.69, 9.17) is 9.47 Å². The van der Waals surface area contributed by atoms with Gasteiger partial charge in [-0.1, -0.05) is 0 Å². The third-order valence-corrected chi connectivity index (χ3v) is 4.62. The Labute approximate surface area is 152 Å². The second kappa shape index (κ2) is 7.51. The molecule has 1 aromatic carbocycles. The van der Waals surface area contributed by atoms with Crippen molar-refractivity contribution in [2.45, 2.75) is 0 Å². The van der Waals surface area contributed by atoms with Crippen LogP contribution in [0.2, 0.25) is 0 Å². The van der Waals surface area contributed by atoms with Gasteiger partial charge in [-0.15, -0.1) is 0 Å². The molecule has 1 aromatic heterocycles. The average molecular weight is 357 g/mol. The number of hydrogen-bond acceptors (Lipinski definition) is 4. The molecule has 0 atom stereocenters. The van der Waals surface area contributed by atoms with Crippen molar-refractivity contribution in [3.63, 3.8) is 0 Å². The fourth-order valence-electron chi connectivity index (χ4n) is 3.07. The zero-order valence-electron chi connectivity index (χ0n) is 15.3. The number of aryl methyl sites for hydroxylation is 1. The molecule has 1 saturated heterocycles. The van der Waals surface area contributed by atoms with Crippen LogP contribution in [0.3, 0.4) is 0 Å². The predicted octanol–water partition coefficient (Wildman–Crippen LogP) is 1.64. The molecule has 0 spiro atoms. The van der Waals surface area contributed by atoms with E-state index >= 15 is 0 Å². The Morgan fingerprint density at radius 1 is 0.885 bits per heavy atom. The number of nitrogens with zero attached hydrogens (tertiary/aromatic N) is 3. The number of aromatic nitrogens is 1. The van der Waals surface area contributed by atoms with E-state index < -0.39 is 0 Å². The fourth-order valence-corrected chi connectivity index (χ4v) is 3.07. The van der Waals surface area contributed by atoms with Gasteiger partial charge in [0, 0.05) is 51.1 Å². The summed E-state index contributed by atoms with van der Waals surface area (Å²) in [7, 11) is 4.96. The minimum absolute atomic E-state index is 0.00681. The second-order valence-corrected chi connectivity index (χ2v) is 6.19. The van der Waals surface area contributed by atoms with Crippen molar-refractivity contribution < 1.29 is 19.1 Å². The first-order chi connectivity index (χ1) is 12.5. The number of amides is 2. The quantitative estimate of drug-likeness (QED) is 0.835. The van der Waals surface area contributed by atoms with Crippen LogP contribution in [0.5, 0.6) is 11.5 Å². The van der Waals surface area contributed by atoms with Crippen LogP contribution in [0.4, 0.5) is 0 Å². The average Bonchev–Trinajstić information content (AvgIpc) is 3.12. The molecule has 138 valence electrons. The van der Waals surface area contributed by atoms with E-state index in [1.807, 2.05) is 29.9 Å². The fraction of sp³-hybridized carbons (Fsp3) is 0.368. The standard InChI is InChI=1S/C19H23N3O4/c1-20-6-4-5-17(20)19(24)22-9-7-21(8-10-22)18(23)14-11-15(25-2)13-16(12-14)26-3/h4-6,11-13H,7-10H2,1-3H3. The molecule has 1 fully saturated rings. The third-order valence-electron chi connectivity index (χ3n) is 4.62. The molecular formula is C19H23N3O4. The van der Waals surface area contributed by atoms with Crippen LogP contribution in [-0.2, 0) is 7.05 Å². The topological polar surface area (TPSA) is 64.0 Å². The Morgan fingerprint density at radius 2 is 1.42 bits per heavy atom. The SMILES string of the molecule is COc1cc(OC)cc(C(=O)N2CCN(C(=O)c3cccn3C)CC2)c1. The van der Waals surface area contributed by atoms with Gasteiger partial charge in [-0.05, 0) is 24.3 Å². The van der Waals surface area contributed by atoms with Crippen molar-refractivity contribution in [2.24, 2.45) is 7.05 Å². The number of hydrogen-bond donors (Lipinski definition) is 0. The molecule has 0 unspecified atom stereocenters. The van der Waals surface area contributed by atoms with E-state index in [0.29, 0.717) is 48.9 Å². The Kier molecular flexibility index (Phi) is 5.16. The largest absolute Gasteiger partial charge is 0.497 e. The van der Waals surface area contributed by atoms with Crippen molar-refractivity contribution in [1.29, 1.82) is 0 Å². The van der Waals surface area contributed by atoms with Crippen molar-refractivity contribution >= 4 is 11.8 Å². The van der Waals surface area contributed by atoms with E-state index in [1.165, 1.54) is 0 Å². The van der Waals surface area contributed by atoms with E-state index in [0.717, 1.165) is 0 Å². The maximum Gasteiger partial charge on any atom is 0.270 e. The number of piperazine rings is 1. The smallest absolute Gasteiger partial charge is 0.270 e. The minimum Gasteiger partial charge on any atom is -0.497 e. The summed E-state index contributed by atoms with van der Waals surface area (Å²) in [6.45, 7) is 2.01. The van der Waals surface area contributed by atoms with Gasteiger partial charge in [0.15, 0.2) is 0 Å². The molecule has 7 heteroatoms. The lowest BCUT2D eigenvalue weighted by Gasteiger charge is -2.35. The number of carbonyl (C=O) groups is 2. The maximum atomic E-state index is 12.8. The molecule has 2 amide bonds. The Balaban J connectivity index is 1.67. The van der Waals surface area contributed by atoms with Gasteiger partial charge in [0.05, 0.1) is 14.2 Å². The highest BCUT2D eigenvalue weighted by molar-refractivity contribution is 5.96. The molecule has 26 heavy (non-hydrogen) atoms. The predicted molar refractivity (Wildman–Crippen MR) is 96.8 cm³/mol. The molecule has 0 radical (unpaired) electrons. The van der Waals surface area contributed by atoms with Crippen LogP contribution in [0.15, 0.2) is 36.5 Å². The first-order valence-electron chi connectivity index (χ1n) is 8.46. The molecule has 3 rings (SSSR count). The summed E-state index contributed by atoms with van der Waals surface area (Å²) in [5.74, 6) is 1.05. The molecular weight excluding hydrogens is 334 g/mol. The van der Waals surface area contributed by atoms with Crippen molar-refractivity contribution in [1.82, 2.24) is 14.4 Å². The normalized spacial score (nSPS) is 14.3. The zero-order chi connectivity index (χ0) is 18.7. The van der Waals surface area contributed by atoms with Gasteiger partial charge < -0.3 is 23.8 Å². The second-order valence-electron chi connectivity index (χ2n) is 6.19. The van der Waals surface area contributed by atoms with Gasteiger partial charge in [0.1, 0.15) is 17.2 Å². The minimum atomic E-state index is -0.0897. The van der Waals surface area contributed by atoms with Gasteiger partial charge in [0.2, 0.25) is 0 Å². The van der Waals surface area contributed by atoms with Crippen molar-refractivity contribution in [2.75, 3.05) is 40.4 Å². The van der Waals surface area contributed by atoms with Gasteiger partial charge in [-0.25, -0.2) is 0 Å². The number of benzene rings is 1. The molecule has 2 aromatic rings. The van der Waals surface area contributed by atoms with Crippen LogP contribution >= 0.6 is 0 Å². The molecule has 0 bridgehead atoms. The number of carbonyl (C=O) groups excluding carboxylic acids is 2. The van der Waals surface area contributed by atoms with Crippen LogP contribution < -0.4 is 9.47 Å². The van der Waals surface area contributed by atoms with Crippen LogP contribution in [0.25, 0.3) is 0 Å². The summed E-state index contributed by atoms with van der Waals surface area (Å²) < 4.78 is 12.3. The summed E-state index contributed by atoms with van der Waals surface area (Å²) in [5, 5.41) is 0. The molecule has 1 aliphatic rings. The molecule has 0 aliphatic carbocycles. The number of ether oxygens (including phenoxy) is 2. The number of methoxy groups -OCH3 is 2. The maximum absolute atomic E-state index is 12.8. The van der Waals surface area contributed by atoms with E-state index in [1.54, 1.807) is 42.2 Å². The molecule has 0 saturated carbocycles. The lowest BCUT2D eigenvalue weighted by Crippen LogP contribution is -2.50. The highest BCUT2D eigenvalue weighted by Crippen LogP contribution is 2.24. The summed E-state index contributed by atoms with van der Waals surface area (Å²) >= 11 is 0. The van der Waals surface area contributed by atoms with Crippen LogP contribution in [0, 0.1) is 0 Å². The van der Waals surface area contributed by atoms with Gasteiger partial charge in [0.25, 0.3) is 11.8 Å². The number of rotatable bonds is 4. The van der Waals surface area contributed by atoms with Crippen LogP contribution in [0.1, 0.15) is 20.8 Å². The lowest BCUT2D eigenvalue weighted by molar-refractivity contribution is 0.0530. The highest BCUT2D eigenvalue weighted by atomic mass is 16.5. The monoisotopic (exact) mass is 357 g/mol. The summed E-state index contributed by atoms with van der Waals surface area (Å²) in [4.78, 5) is 28.9. The highest BCUT2D eigenvalue weighted by Gasteiger charge is 2.26. The van der Waals surface area contributed by atoms with E-state index in [9.17, 15) is 9.59 Å². The molecule has 2 heterocycles. The summed E-state index contributed by atoms with van der Waals surface area (Å²) in [6.07, 6.45) is 1.85. The van der Waals surface area contributed by atoms with E-state index in [2.05, 4.69) is 0 Å². The summed E-state index contributed by atoms with van der Waals surface area (Å²) in [5.41, 5.74) is 1.17. The van der Waals surface area contributed by atoms with Crippen molar-refractivity contribution in [3.05, 3.63) is 47.8 Å². The summed E-state index contributed by atoms with van der Waals surface area (Å²) in [6, 6.07) is 8.79. The Morgan fingerprint density at radius 3 is 1.88 bits per heavy atom. The lowest BCUT2D eigenvalue weighted by atomic mass is 10.1. The molecule has 1 aliphatic heterocycles. The van der Waals surface area contributed by atoms with Crippen molar-refractivity contribution in [3.8, 4) is 11.5 Å². The van der Waals surface area contributed by atoms with Gasteiger partial charge in [-0.2, -0.15) is 0 Å². The zero-order valence-corrected chi connectivity index (χ0v) is 15.3. The van der Waals surface area contributed by atoms with Gasteiger partial charge in [-0.3, -0.25) is 9.59 Å². The van der Waals surface area contributed by atoms with Gasteiger partial charge >= 0.3 is 0 Å². The van der Waals surface area contributed by atoms with Crippen LogP contribution in [-0.4, -0.2) is 66.6 Å². The first kappa shape index (κ1) is 17.8. The molecule has 0 N–H and O–H groups in total. The third kappa shape index (κ3) is 3.51. The Hall–Kier alpha value is -2.96. The Bertz CT molecular complexity index is 785. The van der Waals surface area contributed by atoms with E-state index in [-0.39, 0.29) is 11.8 Å².